The van der Waals surface area contributed by atoms with Crippen LogP contribution in [0, 0.1) is 5.92 Å². The van der Waals surface area contributed by atoms with E-state index in [0.29, 0.717) is 0 Å². The Balaban J connectivity index is 1.60. The molecule has 94 valence electrons. The Morgan fingerprint density at radius 3 is 2.47 bits per heavy atom. The molecule has 1 aromatic carbocycles. The first-order valence-corrected chi connectivity index (χ1v) is 7.17. The Hall–Kier alpha value is -0.530. The number of rotatable bonds is 5. The van der Waals surface area contributed by atoms with Crippen LogP contribution in [0.25, 0.3) is 0 Å². The topological polar surface area (TPSA) is 12.0 Å². The number of benzene rings is 1. The minimum absolute atomic E-state index is 0.816. The Kier molecular flexibility index (Phi) is 5.34. The molecule has 1 N–H and O–H groups in total. The van der Waals surface area contributed by atoms with E-state index in [0.717, 1.165) is 24.0 Å². The summed E-state index contributed by atoms with van der Waals surface area (Å²) in [6.45, 7) is 2.11. The predicted molar refractivity (Wildman–Crippen MR) is 74.4 cm³/mol. The molecule has 17 heavy (non-hydrogen) atoms. The quantitative estimate of drug-likeness (QED) is 0.765. The first-order valence-electron chi connectivity index (χ1n) is 6.80. The Morgan fingerprint density at radius 1 is 1.06 bits per heavy atom. The van der Waals surface area contributed by atoms with Gasteiger partial charge in [0.05, 0.1) is 0 Å². The molecule has 2 rings (SSSR count). The Labute approximate surface area is 110 Å². The molecule has 1 aliphatic rings. The second-order valence-corrected chi connectivity index (χ2v) is 5.53. The van der Waals surface area contributed by atoms with Crippen LogP contribution in [0.1, 0.15) is 44.1 Å². The summed E-state index contributed by atoms with van der Waals surface area (Å²) in [7, 11) is 0. The fourth-order valence-corrected chi connectivity index (χ4v) is 2.74. The molecule has 0 aliphatic heterocycles. The molecular weight excluding hydrogens is 230 g/mol. The van der Waals surface area contributed by atoms with Gasteiger partial charge in [-0.2, -0.15) is 0 Å². The lowest BCUT2D eigenvalue weighted by Gasteiger charge is -2.21. The fraction of sp³-hybridized carbons (Fsp3) is 0.600. The predicted octanol–water partition coefficient (Wildman–Crippen LogP) is 4.40. The number of halogens is 1. The Bertz CT molecular complexity index is 314. The minimum Gasteiger partial charge on any atom is -0.313 e. The van der Waals surface area contributed by atoms with Crippen molar-refractivity contribution in [3.8, 4) is 0 Å². The average Bonchev–Trinajstić information content (AvgIpc) is 2.38. The standard InChI is InChI=1S/C15H22ClN/c16-15-8-6-14(7-9-15)12-17-11-10-13-4-2-1-3-5-13/h6-9,13,17H,1-5,10-12H2. The van der Waals surface area contributed by atoms with Crippen molar-refractivity contribution in [2.75, 3.05) is 6.54 Å². The third kappa shape index (κ3) is 4.69. The van der Waals surface area contributed by atoms with E-state index in [4.69, 9.17) is 11.6 Å². The summed E-state index contributed by atoms with van der Waals surface area (Å²) < 4.78 is 0. The lowest BCUT2D eigenvalue weighted by atomic mass is 9.87. The molecule has 1 nitrogen and oxygen atoms in total. The zero-order chi connectivity index (χ0) is 11.9. The largest absolute Gasteiger partial charge is 0.313 e. The van der Waals surface area contributed by atoms with E-state index in [2.05, 4.69) is 17.4 Å². The van der Waals surface area contributed by atoms with Crippen molar-refractivity contribution < 1.29 is 0 Å². The van der Waals surface area contributed by atoms with Crippen LogP contribution >= 0.6 is 11.6 Å². The summed E-state index contributed by atoms with van der Waals surface area (Å²) in [5.41, 5.74) is 1.32. The average molecular weight is 252 g/mol. The van der Waals surface area contributed by atoms with Gasteiger partial charge in [0.25, 0.3) is 0 Å². The summed E-state index contributed by atoms with van der Waals surface area (Å²) in [5.74, 6) is 0.974. The molecule has 0 amide bonds. The molecule has 0 saturated heterocycles. The van der Waals surface area contributed by atoms with E-state index in [1.165, 1.54) is 44.1 Å². The summed E-state index contributed by atoms with van der Waals surface area (Å²) >= 11 is 5.85. The van der Waals surface area contributed by atoms with E-state index in [9.17, 15) is 0 Å². The van der Waals surface area contributed by atoms with Crippen molar-refractivity contribution in [1.82, 2.24) is 5.32 Å². The third-order valence-electron chi connectivity index (χ3n) is 3.70. The molecule has 2 heteroatoms. The first kappa shape index (κ1) is 12.9. The fourth-order valence-electron chi connectivity index (χ4n) is 2.62. The van der Waals surface area contributed by atoms with Crippen molar-refractivity contribution in [3.05, 3.63) is 34.9 Å². The van der Waals surface area contributed by atoms with Crippen LogP contribution in [-0.4, -0.2) is 6.54 Å². The Morgan fingerprint density at radius 2 is 1.76 bits per heavy atom. The van der Waals surface area contributed by atoms with Crippen LogP contribution in [0.2, 0.25) is 5.02 Å². The van der Waals surface area contributed by atoms with Gasteiger partial charge in [-0.25, -0.2) is 0 Å². The molecule has 0 atom stereocenters. The zero-order valence-electron chi connectivity index (χ0n) is 10.4. The maximum atomic E-state index is 5.85. The maximum absolute atomic E-state index is 5.85. The maximum Gasteiger partial charge on any atom is 0.0406 e. The summed E-state index contributed by atoms with van der Waals surface area (Å²) in [6, 6.07) is 8.10. The van der Waals surface area contributed by atoms with Crippen molar-refractivity contribution >= 4 is 11.6 Å². The van der Waals surface area contributed by atoms with Gasteiger partial charge in [-0.15, -0.1) is 0 Å². The van der Waals surface area contributed by atoms with Crippen molar-refractivity contribution in [1.29, 1.82) is 0 Å². The van der Waals surface area contributed by atoms with Crippen molar-refractivity contribution in [2.45, 2.75) is 45.1 Å². The minimum atomic E-state index is 0.816. The van der Waals surface area contributed by atoms with Gasteiger partial charge in [0.1, 0.15) is 0 Å². The first-order chi connectivity index (χ1) is 8.34. The molecule has 1 fully saturated rings. The van der Waals surface area contributed by atoms with Gasteiger partial charge in [-0.05, 0) is 36.6 Å². The lowest BCUT2D eigenvalue weighted by Crippen LogP contribution is -2.19. The van der Waals surface area contributed by atoms with E-state index < -0.39 is 0 Å². The number of nitrogens with one attached hydrogen (secondary N) is 1. The van der Waals surface area contributed by atoms with E-state index >= 15 is 0 Å². The molecule has 0 aromatic heterocycles. The van der Waals surface area contributed by atoms with E-state index in [-0.39, 0.29) is 0 Å². The molecule has 1 aromatic rings. The summed E-state index contributed by atoms with van der Waals surface area (Å²) in [6.07, 6.45) is 8.58. The van der Waals surface area contributed by atoms with Gasteiger partial charge < -0.3 is 5.32 Å². The zero-order valence-corrected chi connectivity index (χ0v) is 11.2. The molecule has 0 unspecified atom stereocenters. The van der Waals surface area contributed by atoms with Gasteiger partial charge in [0, 0.05) is 11.6 Å². The van der Waals surface area contributed by atoms with Crippen LogP contribution < -0.4 is 5.32 Å². The second-order valence-electron chi connectivity index (χ2n) is 5.10. The monoisotopic (exact) mass is 251 g/mol. The smallest absolute Gasteiger partial charge is 0.0406 e. The highest BCUT2D eigenvalue weighted by Gasteiger charge is 2.12. The highest BCUT2D eigenvalue weighted by atomic mass is 35.5. The van der Waals surface area contributed by atoms with Gasteiger partial charge in [-0.1, -0.05) is 55.8 Å². The summed E-state index contributed by atoms with van der Waals surface area (Å²) in [4.78, 5) is 0. The van der Waals surface area contributed by atoms with Gasteiger partial charge in [0.15, 0.2) is 0 Å². The van der Waals surface area contributed by atoms with E-state index in [1.54, 1.807) is 0 Å². The highest BCUT2D eigenvalue weighted by Crippen LogP contribution is 2.25. The van der Waals surface area contributed by atoms with Gasteiger partial charge in [0.2, 0.25) is 0 Å². The van der Waals surface area contributed by atoms with Gasteiger partial charge in [-0.3, -0.25) is 0 Å². The molecule has 0 spiro atoms. The van der Waals surface area contributed by atoms with Crippen LogP contribution in [0.4, 0.5) is 0 Å². The lowest BCUT2D eigenvalue weighted by molar-refractivity contribution is 0.334. The molecule has 0 heterocycles. The van der Waals surface area contributed by atoms with Crippen LogP contribution in [0.15, 0.2) is 24.3 Å². The molecular formula is C15H22ClN. The van der Waals surface area contributed by atoms with Crippen LogP contribution in [0.5, 0.6) is 0 Å². The summed E-state index contributed by atoms with van der Waals surface area (Å²) in [5, 5.41) is 4.34. The van der Waals surface area contributed by atoms with E-state index in [1.807, 2.05) is 12.1 Å². The van der Waals surface area contributed by atoms with Gasteiger partial charge >= 0.3 is 0 Å². The van der Waals surface area contributed by atoms with Crippen LogP contribution in [-0.2, 0) is 6.54 Å². The number of hydrogen-bond acceptors (Lipinski definition) is 1. The second kappa shape index (κ2) is 7.03. The highest BCUT2D eigenvalue weighted by molar-refractivity contribution is 6.30. The number of hydrogen-bond donors (Lipinski definition) is 1. The SMILES string of the molecule is Clc1ccc(CNCCC2CCCCC2)cc1. The molecule has 1 saturated carbocycles. The normalized spacial score (nSPS) is 17.2. The van der Waals surface area contributed by atoms with Crippen molar-refractivity contribution in [2.24, 2.45) is 5.92 Å². The molecule has 0 bridgehead atoms. The molecule has 0 radical (unpaired) electrons. The molecule has 1 aliphatic carbocycles. The van der Waals surface area contributed by atoms with Crippen molar-refractivity contribution in [3.63, 3.8) is 0 Å². The van der Waals surface area contributed by atoms with Crippen LogP contribution in [0.3, 0.4) is 0 Å². The third-order valence-corrected chi connectivity index (χ3v) is 3.95.